The molecular formula is C9H22O2Si. The molecule has 74 valence electrons. The van der Waals surface area contributed by atoms with Crippen molar-refractivity contribution in [2.24, 2.45) is 0 Å². The third-order valence-corrected chi connectivity index (χ3v) is 6.61. The minimum absolute atomic E-state index is 0.152. The highest BCUT2D eigenvalue weighted by Gasteiger charge is 2.43. The van der Waals surface area contributed by atoms with Gasteiger partial charge >= 0.3 is 8.56 Å². The zero-order valence-corrected chi connectivity index (χ0v) is 10.2. The van der Waals surface area contributed by atoms with E-state index in [0.29, 0.717) is 0 Å². The Balaban J connectivity index is 4.38. The molecule has 0 aromatic rings. The van der Waals surface area contributed by atoms with Crippen molar-refractivity contribution < 1.29 is 8.85 Å². The number of rotatable bonds is 4. The van der Waals surface area contributed by atoms with Crippen LogP contribution in [0.2, 0.25) is 11.6 Å². The highest BCUT2D eigenvalue weighted by Crippen LogP contribution is 2.37. The van der Waals surface area contributed by atoms with E-state index >= 15 is 0 Å². The summed E-state index contributed by atoms with van der Waals surface area (Å²) in [6, 6.07) is 0. The summed E-state index contributed by atoms with van der Waals surface area (Å²) in [5, 5.41) is 0.152. The Morgan fingerprint density at radius 2 is 1.33 bits per heavy atom. The molecule has 0 fully saturated rings. The first-order valence-electron chi connectivity index (χ1n) is 4.65. The van der Waals surface area contributed by atoms with Gasteiger partial charge in [-0.1, -0.05) is 20.8 Å². The molecule has 0 radical (unpaired) electrons. The normalized spacial score (nSPS) is 13.5. The second-order valence-corrected chi connectivity index (χ2v) is 8.03. The molecule has 0 amide bonds. The summed E-state index contributed by atoms with van der Waals surface area (Å²) >= 11 is 0. The van der Waals surface area contributed by atoms with E-state index < -0.39 is 8.56 Å². The van der Waals surface area contributed by atoms with E-state index in [1.807, 2.05) is 13.8 Å². The smallest absolute Gasteiger partial charge is 0.340 e. The molecule has 0 atom stereocenters. The van der Waals surface area contributed by atoms with Crippen LogP contribution in [0.15, 0.2) is 0 Å². The monoisotopic (exact) mass is 190 g/mol. The van der Waals surface area contributed by atoms with Gasteiger partial charge in [0, 0.05) is 18.3 Å². The van der Waals surface area contributed by atoms with Gasteiger partial charge in [-0.3, -0.25) is 0 Å². The molecule has 0 aromatic heterocycles. The van der Waals surface area contributed by atoms with Crippen molar-refractivity contribution in [3.63, 3.8) is 0 Å². The first kappa shape index (κ1) is 12.1. The molecule has 2 nitrogen and oxygen atoms in total. The molecule has 0 N–H and O–H groups in total. The van der Waals surface area contributed by atoms with E-state index in [0.717, 1.165) is 13.2 Å². The van der Waals surface area contributed by atoms with Gasteiger partial charge in [0.15, 0.2) is 0 Å². The van der Waals surface area contributed by atoms with Crippen molar-refractivity contribution in [2.75, 3.05) is 13.2 Å². The Hall–Kier alpha value is 0.137. The lowest BCUT2D eigenvalue weighted by atomic mass is 10.3. The van der Waals surface area contributed by atoms with Crippen LogP contribution < -0.4 is 0 Å². The molecule has 0 aliphatic heterocycles. The molecule has 3 heteroatoms. The van der Waals surface area contributed by atoms with E-state index in [2.05, 4.69) is 27.3 Å². The van der Waals surface area contributed by atoms with Crippen LogP contribution in [-0.4, -0.2) is 21.8 Å². The van der Waals surface area contributed by atoms with Gasteiger partial charge in [-0.15, -0.1) is 0 Å². The summed E-state index contributed by atoms with van der Waals surface area (Å²) in [4.78, 5) is 0. The van der Waals surface area contributed by atoms with Crippen molar-refractivity contribution in [3.05, 3.63) is 0 Å². The highest BCUT2D eigenvalue weighted by atomic mass is 28.4. The van der Waals surface area contributed by atoms with Crippen LogP contribution in [0, 0.1) is 0 Å². The van der Waals surface area contributed by atoms with E-state index in [9.17, 15) is 0 Å². The van der Waals surface area contributed by atoms with Crippen LogP contribution in [0.5, 0.6) is 0 Å². The molecule has 0 bridgehead atoms. The second kappa shape index (κ2) is 4.39. The Bertz CT molecular complexity index is 123. The molecule has 0 saturated heterocycles. The van der Waals surface area contributed by atoms with E-state index in [-0.39, 0.29) is 5.04 Å². The van der Waals surface area contributed by atoms with Crippen LogP contribution in [0.3, 0.4) is 0 Å². The Morgan fingerprint density at radius 3 is 1.50 bits per heavy atom. The minimum atomic E-state index is -1.95. The van der Waals surface area contributed by atoms with E-state index in [1.54, 1.807) is 0 Å². The predicted octanol–water partition coefficient (Wildman–Crippen LogP) is 2.93. The van der Waals surface area contributed by atoms with Crippen LogP contribution in [0.25, 0.3) is 0 Å². The molecule has 0 heterocycles. The summed E-state index contributed by atoms with van der Waals surface area (Å²) < 4.78 is 11.5. The Labute approximate surface area is 77.5 Å². The van der Waals surface area contributed by atoms with Crippen LogP contribution in [0.4, 0.5) is 0 Å². The summed E-state index contributed by atoms with van der Waals surface area (Å²) in [6.45, 7) is 14.2. The van der Waals surface area contributed by atoms with Crippen molar-refractivity contribution in [2.45, 2.75) is 46.2 Å². The van der Waals surface area contributed by atoms with Gasteiger partial charge in [0.25, 0.3) is 0 Å². The third kappa shape index (κ3) is 2.88. The Morgan fingerprint density at radius 1 is 1.00 bits per heavy atom. The molecule has 0 aliphatic rings. The third-order valence-electron chi connectivity index (χ3n) is 2.20. The lowest BCUT2D eigenvalue weighted by Gasteiger charge is -2.37. The largest absolute Gasteiger partial charge is 0.394 e. The van der Waals surface area contributed by atoms with Gasteiger partial charge in [0.05, 0.1) is 0 Å². The Kier molecular flexibility index (Phi) is 4.44. The van der Waals surface area contributed by atoms with Crippen molar-refractivity contribution in [1.82, 2.24) is 0 Å². The van der Waals surface area contributed by atoms with Crippen molar-refractivity contribution >= 4 is 8.56 Å². The second-order valence-electron chi connectivity index (χ2n) is 4.06. The molecule has 0 aliphatic carbocycles. The van der Waals surface area contributed by atoms with Crippen LogP contribution >= 0.6 is 0 Å². The molecule has 12 heavy (non-hydrogen) atoms. The van der Waals surface area contributed by atoms with Gasteiger partial charge in [-0.25, -0.2) is 0 Å². The maximum atomic E-state index is 5.75. The molecular weight excluding hydrogens is 168 g/mol. The van der Waals surface area contributed by atoms with E-state index in [1.165, 1.54) is 0 Å². The van der Waals surface area contributed by atoms with Gasteiger partial charge in [0.2, 0.25) is 0 Å². The van der Waals surface area contributed by atoms with Crippen molar-refractivity contribution in [1.29, 1.82) is 0 Å². The minimum Gasteiger partial charge on any atom is -0.394 e. The van der Waals surface area contributed by atoms with Gasteiger partial charge in [-0.05, 0) is 20.4 Å². The summed E-state index contributed by atoms with van der Waals surface area (Å²) in [5.41, 5.74) is 0. The molecule has 0 aromatic carbocycles. The maximum Gasteiger partial charge on any atom is 0.340 e. The SMILES string of the molecule is CCO[Si](C)(OCC)C(C)(C)C. The van der Waals surface area contributed by atoms with E-state index in [4.69, 9.17) is 8.85 Å². The van der Waals surface area contributed by atoms with Crippen LogP contribution in [0.1, 0.15) is 34.6 Å². The number of hydrogen-bond donors (Lipinski definition) is 0. The maximum absolute atomic E-state index is 5.75. The van der Waals surface area contributed by atoms with Gasteiger partial charge in [0.1, 0.15) is 0 Å². The standard InChI is InChI=1S/C9H22O2Si/c1-7-10-12(6,11-8-2)9(3,4)5/h7-8H2,1-6H3. The lowest BCUT2D eigenvalue weighted by molar-refractivity contribution is 0.167. The average Bonchev–Trinajstić information content (AvgIpc) is 1.86. The first-order valence-corrected chi connectivity index (χ1v) is 6.97. The average molecular weight is 190 g/mol. The lowest BCUT2D eigenvalue weighted by Crippen LogP contribution is -2.47. The first-order chi connectivity index (χ1) is 5.37. The zero-order valence-electron chi connectivity index (χ0n) is 9.23. The van der Waals surface area contributed by atoms with Gasteiger partial charge in [-0.2, -0.15) is 0 Å². The quantitative estimate of drug-likeness (QED) is 0.635. The topological polar surface area (TPSA) is 18.5 Å². The number of hydrogen-bond acceptors (Lipinski definition) is 2. The molecule has 0 spiro atoms. The highest BCUT2D eigenvalue weighted by molar-refractivity contribution is 6.69. The van der Waals surface area contributed by atoms with Crippen molar-refractivity contribution in [3.8, 4) is 0 Å². The summed E-state index contributed by atoms with van der Waals surface area (Å²) in [5.74, 6) is 0. The molecule has 0 rings (SSSR count). The predicted molar refractivity (Wildman–Crippen MR) is 54.6 cm³/mol. The fraction of sp³-hybridized carbons (Fsp3) is 1.00. The van der Waals surface area contributed by atoms with Gasteiger partial charge < -0.3 is 8.85 Å². The summed E-state index contributed by atoms with van der Waals surface area (Å²) in [6.07, 6.45) is 0. The fourth-order valence-electron chi connectivity index (χ4n) is 1.03. The fourth-order valence-corrected chi connectivity index (χ4v) is 3.08. The van der Waals surface area contributed by atoms with Crippen LogP contribution in [-0.2, 0) is 8.85 Å². The summed E-state index contributed by atoms with van der Waals surface area (Å²) in [7, 11) is -1.95. The molecule has 0 unspecified atom stereocenters. The zero-order chi connectivity index (χ0) is 9.83. The molecule has 0 saturated carbocycles.